The predicted molar refractivity (Wildman–Crippen MR) is 103 cm³/mol. The number of hydrogen-bond donors (Lipinski definition) is 1. The maximum atomic E-state index is 13.5. The van der Waals surface area contributed by atoms with Gasteiger partial charge in [-0.2, -0.15) is 0 Å². The summed E-state index contributed by atoms with van der Waals surface area (Å²) in [5.41, 5.74) is 3.11. The van der Waals surface area contributed by atoms with E-state index >= 15 is 0 Å². The van der Waals surface area contributed by atoms with Crippen LogP contribution in [-0.4, -0.2) is 17.5 Å². The third-order valence-corrected chi connectivity index (χ3v) is 4.36. The number of ether oxygens (including phenoxy) is 2. The van der Waals surface area contributed by atoms with E-state index in [-0.39, 0.29) is 24.7 Å². The van der Waals surface area contributed by atoms with Crippen LogP contribution in [0.15, 0.2) is 53.4 Å². The van der Waals surface area contributed by atoms with Gasteiger partial charge in [0.15, 0.2) is 11.6 Å². The van der Waals surface area contributed by atoms with Gasteiger partial charge >= 0.3 is 0 Å². The Morgan fingerprint density at radius 3 is 2.75 bits per heavy atom. The molecule has 3 aromatic rings. The van der Waals surface area contributed by atoms with Crippen molar-refractivity contribution in [1.29, 1.82) is 0 Å². The van der Waals surface area contributed by atoms with Crippen LogP contribution in [0.5, 0.6) is 11.5 Å². The first-order valence-corrected chi connectivity index (χ1v) is 9.52. The molecule has 0 atom stereocenters. The molecule has 3 rings (SSSR count). The number of hydrogen-bond acceptors (Lipinski definition) is 5. The Bertz CT molecular complexity index is 920. The highest BCUT2D eigenvalue weighted by atomic mass is 32.1. The molecule has 1 amide bonds. The van der Waals surface area contributed by atoms with E-state index in [1.807, 2.05) is 11.4 Å². The predicted octanol–water partition coefficient (Wildman–Crippen LogP) is 4.80. The molecule has 1 aromatic heterocycles. The highest BCUT2D eigenvalue weighted by molar-refractivity contribution is 7.07. The normalized spacial score (nSPS) is 10.5. The summed E-state index contributed by atoms with van der Waals surface area (Å²) in [6, 6.07) is 10.2. The first-order chi connectivity index (χ1) is 13.6. The number of para-hydroxylation sites is 2. The van der Waals surface area contributed by atoms with Crippen molar-refractivity contribution in [3.05, 3.63) is 70.7 Å². The molecule has 0 aliphatic carbocycles. The van der Waals surface area contributed by atoms with Gasteiger partial charge in [0.25, 0.3) is 0 Å². The van der Waals surface area contributed by atoms with Crippen molar-refractivity contribution in [2.24, 2.45) is 0 Å². The molecule has 1 heterocycles. The number of aromatic nitrogens is 1. The standard InChI is InChI=1S/C20H18F2N2O3S/c21-14-7-8-18(16(22)10-14)26-9-3-6-20(25)24-17-4-1-2-5-19(17)27-11-15-12-28-13-23-15/h1-2,4-5,7-8,10,12-13H,3,6,9,11H2,(H,24,25). The molecule has 0 fully saturated rings. The van der Waals surface area contributed by atoms with Crippen molar-refractivity contribution in [2.45, 2.75) is 19.4 Å². The Morgan fingerprint density at radius 2 is 1.96 bits per heavy atom. The Labute approximate surface area is 164 Å². The monoisotopic (exact) mass is 404 g/mol. The SMILES string of the molecule is O=C(CCCOc1ccc(F)cc1F)Nc1ccccc1OCc1cscn1. The zero-order valence-corrected chi connectivity index (χ0v) is 15.7. The zero-order chi connectivity index (χ0) is 19.8. The van der Waals surface area contributed by atoms with Gasteiger partial charge in [0.2, 0.25) is 5.91 Å². The lowest BCUT2D eigenvalue weighted by molar-refractivity contribution is -0.116. The third-order valence-electron chi connectivity index (χ3n) is 3.72. The van der Waals surface area contributed by atoms with E-state index in [1.54, 1.807) is 23.7 Å². The molecule has 28 heavy (non-hydrogen) atoms. The number of carbonyl (C=O) groups excluding carboxylic acids is 1. The van der Waals surface area contributed by atoms with E-state index in [2.05, 4.69) is 10.3 Å². The van der Waals surface area contributed by atoms with Crippen LogP contribution >= 0.6 is 11.3 Å². The Hall–Kier alpha value is -3.00. The van der Waals surface area contributed by atoms with E-state index in [1.165, 1.54) is 17.4 Å². The molecule has 0 aliphatic heterocycles. The molecule has 0 unspecified atom stereocenters. The van der Waals surface area contributed by atoms with Crippen LogP contribution in [0, 0.1) is 11.6 Å². The molecule has 0 saturated heterocycles. The fourth-order valence-electron chi connectivity index (χ4n) is 2.38. The number of nitrogens with zero attached hydrogens (tertiary/aromatic N) is 1. The average Bonchev–Trinajstić information content (AvgIpc) is 3.19. The van der Waals surface area contributed by atoms with Crippen molar-refractivity contribution in [3.8, 4) is 11.5 Å². The van der Waals surface area contributed by atoms with Gasteiger partial charge in [-0.25, -0.2) is 13.8 Å². The van der Waals surface area contributed by atoms with E-state index in [0.717, 1.165) is 17.8 Å². The van der Waals surface area contributed by atoms with Gasteiger partial charge in [0, 0.05) is 17.9 Å². The summed E-state index contributed by atoms with van der Waals surface area (Å²) in [6.07, 6.45) is 0.563. The lowest BCUT2D eigenvalue weighted by Crippen LogP contribution is -2.14. The number of amides is 1. The summed E-state index contributed by atoms with van der Waals surface area (Å²) in [7, 11) is 0. The lowest BCUT2D eigenvalue weighted by atomic mass is 10.2. The maximum absolute atomic E-state index is 13.5. The van der Waals surface area contributed by atoms with E-state index in [0.29, 0.717) is 24.5 Å². The summed E-state index contributed by atoms with van der Waals surface area (Å²) in [5, 5.41) is 4.69. The Kier molecular flexibility index (Phi) is 6.91. The number of benzene rings is 2. The minimum atomic E-state index is -0.768. The quantitative estimate of drug-likeness (QED) is 0.521. The Balaban J connectivity index is 1.45. The molecule has 0 aliphatic rings. The second-order valence-electron chi connectivity index (χ2n) is 5.84. The van der Waals surface area contributed by atoms with Crippen LogP contribution in [0.25, 0.3) is 0 Å². The van der Waals surface area contributed by atoms with Crippen LogP contribution in [0.1, 0.15) is 18.5 Å². The van der Waals surface area contributed by atoms with Gasteiger partial charge < -0.3 is 14.8 Å². The highest BCUT2D eigenvalue weighted by Crippen LogP contribution is 2.25. The fraction of sp³-hybridized carbons (Fsp3) is 0.200. The summed E-state index contributed by atoms with van der Waals surface area (Å²) >= 11 is 1.49. The first kappa shape index (κ1) is 19.8. The van der Waals surface area contributed by atoms with Gasteiger partial charge in [-0.3, -0.25) is 4.79 Å². The molecular weight excluding hydrogens is 386 g/mol. The number of carbonyl (C=O) groups is 1. The summed E-state index contributed by atoms with van der Waals surface area (Å²) in [4.78, 5) is 16.3. The summed E-state index contributed by atoms with van der Waals surface area (Å²) in [5.74, 6) is -1.14. The third kappa shape index (κ3) is 5.75. The van der Waals surface area contributed by atoms with E-state index in [9.17, 15) is 13.6 Å². The second-order valence-corrected chi connectivity index (χ2v) is 6.56. The van der Waals surface area contributed by atoms with Crippen molar-refractivity contribution < 1.29 is 23.0 Å². The molecule has 0 bridgehead atoms. The first-order valence-electron chi connectivity index (χ1n) is 8.58. The minimum Gasteiger partial charge on any atom is -0.491 e. The summed E-state index contributed by atoms with van der Waals surface area (Å²) in [6.45, 7) is 0.450. The van der Waals surface area contributed by atoms with E-state index < -0.39 is 11.6 Å². The molecule has 5 nitrogen and oxygen atoms in total. The smallest absolute Gasteiger partial charge is 0.224 e. The van der Waals surface area contributed by atoms with Gasteiger partial charge in [0.1, 0.15) is 18.2 Å². The highest BCUT2D eigenvalue weighted by Gasteiger charge is 2.09. The average molecular weight is 404 g/mol. The number of thiazole rings is 1. The molecular formula is C20H18F2N2O3S. The van der Waals surface area contributed by atoms with Crippen molar-refractivity contribution in [2.75, 3.05) is 11.9 Å². The van der Waals surface area contributed by atoms with Gasteiger partial charge in [-0.15, -0.1) is 11.3 Å². The molecule has 2 aromatic carbocycles. The maximum Gasteiger partial charge on any atom is 0.224 e. The van der Waals surface area contributed by atoms with Crippen LogP contribution in [0.3, 0.4) is 0 Å². The number of anilines is 1. The van der Waals surface area contributed by atoms with Crippen LogP contribution in [0.2, 0.25) is 0 Å². The minimum absolute atomic E-state index is 0.0393. The van der Waals surface area contributed by atoms with Gasteiger partial charge in [-0.1, -0.05) is 12.1 Å². The van der Waals surface area contributed by atoms with E-state index in [4.69, 9.17) is 9.47 Å². The molecule has 0 radical (unpaired) electrons. The lowest BCUT2D eigenvalue weighted by Gasteiger charge is -2.12. The second kappa shape index (κ2) is 9.80. The van der Waals surface area contributed by atoms with Crippen LogP contribution in [-0.2, 0) is 11.4 Å². The van der Waals surface area contributed by atoms with Crippen LogP contribution < -0.4 is 14.8 Å². The van der Waals surface area contributed by atoms with Crippen molar-refractivity contribution >= 4 is 22.9 Å². The Morgan fingerprint density at radius 1 is 1.11 bits per heavy atom. The topological polar surface area (TPSA) is 60.5 Å². The van der Waals surface area contributed by atoms with Crippen molar-refractivity contribution in [1.82, 2.24) is 4.98 Å². The van der Waals surface area contributed by atoms with Gasteiger partial charge in [0.05, 0.1) is 23.5 Å². The molecule has 0 saturated carbocycles. The van der Waals surface area contributed by atoms with Gasteiger partial charge in [-0.05, 0) is 30.7 Å². The number of nitrogens with one attached hydrogen (secondary N) is 1. The molecule has 146 valence electrons. The summed E-state index contributed by atoms with van der Waals surface area (Å²) < 4.78 is 37.3. The van der Waals surface area contributed by atoms with Crippen molar-refractivity contribution in [3.63, 3.8) is 0 Å². The molecule has 1 N–H and O–H groups in total. The largest absolute Gasteiger partial charge is 0.491 e. The number of rotatable bonds is 9. The zero-order valence-electron chi connectivity index (χ0n) is 14.9. The molecule has 8 heteroatoms. The van der Waals surface area contributed by atoms with Crippen LogP contribution in [0.4, 0.5) is 14.5 Å². The number of halogens is 2. The molecule has 0 spiro atoms. The fourth-order valence-corrected chi connectivity index (χ4v) is 2.92.